The third-order valence-corrected chi connectivity index (χ3v) is 5.87. The summed E-state index contributed by atoms with van der Waals surface area (Å²) in [4.78, 5) is 49.1. The molecule has 0 heterocycles. The van der Waals surface area contributed by atoms with Crippen LogP contribution in [0.4, 0.5) is 0 Å². The summed E-state index contributed by atoms with van der Waals surface area (Å²) >= 11 is 0. The van der Waals surface area contributed by atoms with Gasteiger partial charge in [-0.25, -0.2) is 0 Å². The number of aliphatic hydroxyl groups excluding tert-OH is 4. The van der Waals surface area contributed by atoms with Crippen molar-refractivity contribution in [2.24, 2.45) is 11.7 Å². The summed E-state index contributed by atoms with van der Waals surface area (Å²) < 4.78 is 0. The van der Waals surface area contributed by atoms with Crippen LogP contribution in [0.2, 0.25) is 0 Å². The van der Waals surface area contributed by atoms with Gasteiger partial charge >= 0.3 is 5.97 Å². The normalized spacial score (nSPS) is 16.6. The van der Waals surface area contributed by atoms with Crippen LogP contribution in [0.1, 0.15) is 44.7 Å². The SMILES string of the molecule is C=CCC(N)C(=O)NC(CC(C)C)C(=O)NC(CO)C(O)C(O)C(O)C(=O)NC(CC(=O)O)c1ccccc1. The van der Waals surface area contributed by atoms with Crippen molar-refractivity contribution in [3.8, 4) is 0 Å². The third-order valence-electron chi connectivity index (χ3n) is 5.87. The molecule has 0 aliphatic rings. The van der Waals surface area contributed by atoms with Crippen LogP contribution in [0, 0.1) is 5.92 Å². The average molecular weight is 553 g/mol. The standard InChI is InChI=1S/C26H40N4O9/c1-4-8-16(27)24(37)29-18(11-14(2)3)25(38)30-19(13-31)21(34)22(35)23(36)26(39)28-17(12-20(32)33)15-9-6-5-7-10-15/h4-7,9-10,14,16-19,21-23,31,34-36H,1,8,11-13,27H2,2-3H3,(H,28,39)(H,29,37)(H,30,38)(H,32,33). The number of nitrogens with two attached hydrogens (primary N) is 1. The number of carbonyl (C=O) groups is 4. The minimum absolute atomic E-state index is 0.0475. The maximum Gasteiger partial charge on any atom is 0.305 e. The molecule has 1 aromatic rings. The molecule has 3 amide bonds. The van der Waals surface area contributed by atoms with Crippen LogP contribution in [-0.4, -0.2) is 92.3 Å². The number of nitrogens with one attached hydrogen (secondary N) is 3. The first-order valence-electron chi connectivity index (χ1n) is 12.5. The Balaban J connectivity index is 2.94. The molecule has 1 aromatic carbocycles. The van der Waals surface area contributed by atoms with Gasteiger partial charge < -0.3 is 47.2 Å². The zero-order chi connectivity index (χ0) is 29.7. The summed E-state index contributed by atoms with van der Waals surface area (Å²) in [5.41, 5.74) is 6.19. The van der Waals surface area contributed by atoms with Gasteiger partial charge in [0.2, 0.25) is 11.8 Å². The quantitative estimate of drug-likeness (QED) is 0.0995. The van der Waals surface area contributed by atoms with E-state index in [4.69, 9.17) is 5.73 Å². The van der Waals surface area contributed by atoms with E-state index in [0.717, 1.165) is 0 Å². The van der Waals surface area contributed by atoms with Crippen LogP contribution in [0.15, 0.2) is 43.0 Å². The van der Waals surface area contributed by atoms with Crippen molar-refractivity contribution in [2.75, 3.05) is 6.61 Å². The number of hydrogen-bond donors (Lipinski definition) is 9. The van der Waals surface area contributed by atoms with Gasteiger partial charge in [0.05, 0.1) is 31.2 Å². The molecule has 7 atom stereocenters. The molecule has 0 spiro atoms. The Labute approximate surface area is 227 Å². The lowest BCUT2D eigenvalue weighted by Gasteiger charge is -2.31. The fourth-order valence-corrected chi connectivity index (χ4v) is 3.74. The van der Waals surface area contributed by atoms with Crippen molar-refractivity contribution >= 4 is 23.7 Å². The predicted molar refractivity (Wildman–Crippen MR) is 141 cm³/mol. The van der Waals surface area contributed by atoms with Crippen molar-refractivity contribution < 1.29 is 44.7 Å². The highest BCUT2D eigenvalue weighted by Gasteiger charge is 2.37. The van der Waals surface area contributed by atoms with Crippen LogP contribution < -0.4 is 21.7 Å². The van der Waals surface area contributed by atoms with E-state index in [1.807, 2.05) is 0 Å². The molecule has 10 N–H and O–H groups in total. The van der Waals surface area contributed by atoms with E-state index in [-0.39, 0.29) is 18.8 Å². The molecular formula is C26H40N4O9. The number of amides is 3. The number of rotatable bonds is 17. The van der Waals surface area contributed by atoms with Gasteiger partial charge in [-0.05, 0) is 24.3 Å². The van der Waals surface area contributed by atoms with E-state index in [2.05, 4.69) is 22.5 Å². The number of carbonyl (C=O) groups excluding carboxylic acids is 3. The highest BCUT2D eigenvalue weighted by molar-refractivity contribution is 5.90. The van der Waals surface area contributed by atoms with E-state index in [9.17, 15) is 44.7 Å². The second kappa shape index (κ2) is 16.6. The summed E-state index contributed by atoms with van der Waals surface area (Å²) in [6, 6.07) is 3.46. The molecule has 0 aliphatic heterocycles. The van der Waals surface area contributed by atoms with E-state index in [1.54, 1.807) is 44.2 Å². The fourth-order valence-electron chi connectivity index (χ4n) is 3.74. The van der Waals surface area contributed by atoms with Crippen LogP contribution in [0.5, 0.6) is 0 Å². The highest BCUT2D eigenvalue weighted by Crippen LogP contribution is 2.18. The number of aliphatic carboxylic acids is 1. The number of benzene rings is 1. The lowest BCUT2D eigenvalue weighted by molar-refractivity contribution is -0.145. The van der Waals surface area contributed by atoms with E-state index >= 15 is 0 Å². The summed E-state index contributed by atoms with van der Waals surface area (Å²) in [6.45, 7) is 6.23. The smallest absolute Gasteiger partial charge is 0.305 e. The summed E-state index contributed by atoms with van der Waals surface area (Å²) in [7, 11) is 0. The summed E-state index contributed by atoms with van der Waals surface area (Å²) in [5, 5.41) is 57.5. The number of hydrogen-bond acceptors (Lipinski definition) is 9. The zero-order valence-corrected chi connectivity index (χ0v) is 22.1. The van der Waals surface area contributed by atoms with E-state index < -0.39 is 79.2 Å². The van der Waals surface area contributed by atoms with Crippen molar-refractivity contribution in [3.05, 3.63) is 48.6 Å². The lowest BCUT2D eigenvalue weighted by atomic mass is 9.98. The molecule has 7 unspecified atom stereocenters. The van der Waals surface area contributed by atoms with Gasteiger partial charge in [0, 0.05) is 0 Å². The molecule has 0 aromatic heterocycles. The topological polar surface area (TPSA) is 232 Å². The molecule has 0 aliphatic carbocycles. The molecular weight excluding hydrogens is 512 g/mol. The first-order valence-corrected chi connectivity index (χ1v) is 12.5. The van der Waals surface area contributed by atoms with Gasteiger partial charge in [-0.1, -0.05) is 50.3 Å². The molecule has 0 fully saturated rings. The first kappa shape index (κ1) is 33.7. The Bertz CT molecular complexity index is 960. The summed E-state index contributed by atoms with van der Waals surface area (Å²) in [5.74, 6) is -3.86. The van der Waals surface area contributed by atoms with E-state index in [0.29, 0.717) is 5.56 Å². The van der Waals surface area contributed by atoms with Crippen LogP contribution in [0.3, 0.4) is 0 Å². The Kier molecular flexibility index (Phi) is 14.3. The van der Waals surface area contributed by atoms with Gasteiger partial charge in [-0.2, -0.15) is 0 Å². The molecule has 0 radical (unpaired) electrons. The fraction of sp³-hybridized carbons (Fsp3) is 0.538. The Morgan fingerprint density at radius 2 is 1.56 bits per heavy atom. The Morgan fingerprint density at radius 1 is 0.949 bits per heavy atom. The largest absolute Gasteiger partial charge is 0.481 e. The van der Waals surface area contributed by atoms with Gasteiger partial charge in [0.15, 0.2) is 6.10 Å². The van der Waals surface area contributed by atoms with Crippen molar-refractivity contribution in [1.82, 2.24) is 16.0 Å². The van der Waals surface area contributed by atoms with E-state index in [1.165, 1.54) is 6.08 Å². The van der Waals surface area contributed by atoms with Crippen molar-refractivity contribution in [3.63, 3.8) is 0 Å². The molecule has 0 saturated carbocycles. The number of carboxylic acids is 1. The third kappa shape index (κ3) is 11.1. The minimum Gasteiger partial charge on any atom is -0.481 e. The minimum atomic E-state index is -2.24. The van der Waals surface area contributed by atoms with Crippen LogP contribution in [0.25, 0.3) is 0 Å². The highest BCUT2D eigenvalue weighted by atomic mass is 16.4. The molecule has 0 bridgehead atoms. The number of carboxylic acid groups (broad SMARTS) is 1. The average Bonchev–Trinajstić information content (AvgIpc) is 2.89. The maximum atomic E-state index is 12.9. The van der Waals surface area contributed by atoms with Crippen molar-refractivity contribution in [2.45, 2.75) is 75.6 Å². The maximum absolute atomic E-state index is 12.9. The van der Waals surface area contributed by atoms with Crippen LogP contribution >= 0.6 is 0 Å². The molecule has 39 heavy (non-hydrogen) atoms. The van der Waals surface area contributed by atoms with Gasteiger partial charge in [-0.15, -0.1) is 6.58 Å². The second-order valence-electron chi connectivity index (χ2n) is 9.61. The molecule has 1 rings (SSSR count). The molecule has 0 saturated heterocycles. The molecule has 13 nitrogen and oxygen atoms in total. The lowest BCUT2D eigenvalue weighted by Crippen LogP contribution is -2.60. The summed E-state index contributed by atoms with van der Waals surface area (Å²) in [6.07, 6.45) is -5.15. The monoisotopic (exact) mass is 552 g/mol. The van der Waals surface area contributed by atoms with Gasteiger partial charge in [0.25, 0.3) is 5.91 Å². The Hall–Kier alpha value is -3.36. The predicted octanol–water partition coefficient (Wildman–Crippen LogP) is -1.69. The first-order chi connectivity index (χ1) is 18.3. The molecule has 13 heteroatoms. The van der Waals surface area contributed by atoms with Crippen molar-refractivity contribution in [1.29, 1.82) is 0 Å². The number of aliphatic hydroxyl groups is 4. The Morgan fingerprint density at radius 3 is 2.08 bits per heavy atom. The van der Waals surface area contributed by atoms with Gasteiger partial charge in [-0.3, -0.25) is 19.2 Å². The van der Waals surface area contributed by atoms with Crippen LogP contribution in [-0.2, 0) is 19.2 Å². The second-order valence-corrected chi connectivity index (χ2v) is 9.61. The molecule has 218 valence electrons. The zero-order valence-electron chi connectivity index (χ0n) is 22.1. The van der Waals surface area contributed by atoms with Gasteiger partial charge in [0.1, 0.15) is 18.2 Å².